The predicted octanol–water partition coefficient (Wildman–Crippen LogP) is 2.98. The van der Waals surface area contributed by atoms with Gasteiger partial charge < -0.3 is 25.0 Å². The van der Waals surface area contributed by atoms with Crippen LogP contribution in [0.25, 0.3) is 11.3 Å². The van der Waals surface area contributed by atoms with Crippen molar-refractivity contribution in [3.05, 3.63) is 35.5 Å². The topological polar surface area (TPSA) is 109 Å². The fraction of sp³-hybridized carbons (Fsp3) is 0.478. The van der Waals surface area contributed by atoms with Crippen LogP contribution in [0.2, 0.25) is 0 Å². The number of ether oxygens (including phenoxy) is 2. The lowest BCUT2D eigenvalue weighted by Crippen LogP contribution is -2.44. The largest absolute Gasteiger partial charge is 0.450 e. The van der Waals surface area contributed by atoms with E-state index in [1.807, 2.05) is 31.2 Å². The van der Waals surface area contributed by atoms with Crippen molar-refractivity contribution in [2.45, 2.75) is 39.9 Å². The van der Waals surface area contributed by atoms with E-state index in [0.717, 1.165) is 22.5 Å². The zero-order chi connectivity index (χ0) is 23.4. The van der Waals surface area contributed by atoms with Crippen molar-refractivity contribution < 1.29 is 19.1 Å². The molecule has 0 aliphatic carbocycles. The Labute approximate surface area is 193 Å². The van der Waals surface area contributed by atoms with Gasteiger partial charge in [0.2, 0.25) is 5.95 Å². The first-order chi connectivity index (χ1) is 16.0. The Bertz CT molecular complexity index is 1010. The Hall–Kier alpha value is -3.40. The number of carbonyl (C=O) groups is 2. The van der Waals surface area contributed by atoms with Gasteiger partial charge in [0, 0.05) is 29.9 Å². The SMILES string of the molecule is CCNC(=O)Nc1ccc(-c2nc(N3CCOCC3C)nc3c2CN(C(=O)OCC)C3)cc1. The molecular weight excluding hydrogens is 424 g/mol. The molecule has 1 fully saturated rings. The number of urea groups is 1. The molecule has 33 heavy (non-hydrogen) atoms. The molecule has 1 atom stereocenters. The summed E-state index contributed by atoms with van der Waals surface area (Å²) in [4.78, 5) is 37.7. The summed E-state index contributed by atoms with van der Waals surface area (Å²) in [5, 5.41) is 5.52. The number of hydrogen-bond donors (Lipinski definition) is 2. The van der Waals surface area contributed by atoms with E-state index in [2.05, 4.69) is 22.5 Å². The number of amides is 3. The smallest absolute Gasteiger partial charge is 0.410 e. The summed E-state index contributed by atoms with van der Waals surface area (Å²) >= 11 is 0. The van der Waals surface area contributed by atoms with Crippen molar-refractivity contribution in [3.63, 3.8) is 0 Å². The van der Waals surface area contributed by atoms with Gasteiger partial charge in [-0.1, -0.05) is 12.1 Å². The molecule has 176 valence electrons. The van der Waals surface area contributed by atoms with Crippen LogP contribution in [0, 0.1) is 0 Å². The molecule has 10 heteroatoms. The van der Waals surface area contributed by atoms with Gasteiger partial charge in [0.25, 0.3) is 0 Å². The monoisotopic (exact) mass is 454 g/mol. The third kappa shape index (κ3) is 5.00. The second-order valence-electron chi connectivity index (χ2n) is 8.03. The number of benzene rings is 1. The van der Waals surface area contributed by atoms with Gasteiger partial charge in [-0.2, -0.15) is 0 Å². The molecule has 2 N–H and O–H groups in total. The van der Waals surface area contributed by atoms with Crippen LogP contribution in [0.5, 0.6) is 0 Å². The normalized spacial score (nSPS) is 17.5. The van der Waals surface area contributed by atoms with Crippen LogP contribution in [0.4, 0.5) is 21.2 Å². The molecule has 0 spiro atoms. The second kappa shape index (κ2) is 10.0. The maximum Gasteiger partial charge on any atom is 0.410 e. The zero-order valence-corrected chi connectivity index (χ0v) is 19.3. The molecule has 1 unspecified atom stereocenters. The minimum absolute atomic E-state index is 0.149. The molecule has 3 heterocycles. The van der Waals surface area contributed by atoms with Gasteiger partial charge in [0.05, 0.1) is 50.3 Å². The first-order valence-corrected chi connectivity index (χ1v) is 11.3. The lowest BCUT2D eigenvalue weighted by molar-refractivity contribution is 0.0980. The molecule has 0 bridgehead atoms. The third-order valence-corrected chi connectivity index (χ3v) is 5.67. The van der Waals surface area contributed by atoms with Crippen molar-refractivity contribution in [2.24, 2.45) is 0 Å². The summed E-state index contributed by atoms with van der Waals surface area (Å²) in [6, 6.07) is 7.42. The summed E-state index contributed by atoms with van der Waals surface area (Å²) in [6.07, 6.45) is -0.357. The summed E-state index contributed by atoms with van der Waals surface area (Å²) in [7, 11) is 0. The highest BCUT2D eigenvalue weighted by Gasteiger charge is 2.31. The summed E-state index contributed by atoms with van der Waals surface area (Å²) < 4.78 is 10.8. The van der Waals surface area contributed by atoms with E-state index < -0.39 is 0 Å². The molecule has 1 saturated heterocycles. The second-order valence-corrected chi connectivity index (χ2v) is 8.03. The Morgan fingerprint density at radius 3 is 2.67 bits per heavy atom. The van der Waals surface area contributed by atoms with E-state index in [1.54, 1.807) is 11.8 Å². The van der Waals surface area contributed by atoms with E-state index in [-0.39, 0.29) is 18.2 Å². The van der Waals surface area contributed by atoms with Gasteiger partial charge in [-0.25, -0.2) is 19.6 Å². The molecule has 3 amide bonds. The van der Waals surface area contributed by atoms with Crippen molar-refractivity contribution in [1.82, 2.24) is 20.2 Å². The van der Waals surface area contributed by atoms with Crippen LogP contribution in [0.15, 0.2) is 24.3 Å². The molecule has 0 radical (unpaired) electrons. The molecule has 0 saturated carbocycles. The average molecular weight is 455 g/mol. The number of carbonyl (C=O) groups excluding carboxylic acids is 2. The number of morpholine rings is 1. The maximum atomic E-state index is 12.4. The first kappa shape index (κ1) is 22.8. The van der Waals surface area contributed by atoms with Crippen LogP contribution < -0.4 is 15.5 Å². The predicted molar refractivity (Wildman–Crippen MR) is 124 cm³/mol. The minimum atomic E-state index is -0.357. The summed E-state index contributed by atoms with van der Waals surface area (Å²) in [6.45, 7) is 9.33. The highest BCUT2D eigenvalue weighted by Crippen LogP contribution is 2.33. The lowest BCUT2D eigenvalue weighted by atomic mass is 10.1. The highest BCUT2D eigenvalue weighted by molar-refractivity contribution is 5.89. The van der Waals surface area contributed by atoms with Crippen LogP contribution in [-0.2, 0) is 22.6 Å². The van der Waals surface area contributed by atoms with E-state index in [1.165, 1.54) is 0 Å². The number of nitrogens with zero attached hydrogens (tertiary/aromatic N) is 4. The standard InChI is InChI=1S/C23H30N6O4/c1-4-24-22(30)25-17-8-6-16(7-9-17)20-18-12-28(23(31)33-5-2)13-19(18)26-21(27-20)29-10-11-32-14-15(29)3/h6-9,15H,4-5,10-14H2,1-3H3,(H2,24,25,30). The van der Waals surface area contributed by atoms with Crippen LogP contribution in [0.1, 0.15) is 32.0 Å². The quantitative estimate of drug-likeness (QED) is 0.715. The van der Waals surface area contributed by atoms with E-state index >= 15 is 0 Å². The summed E-state index contributed by atoms with van der Waals surface area (Å²) in [5.74, 6) is 0.634. The number of nitrogens with one attached hydrogen (secondary N) is 2. The van der Waals surface area contributed by atoms with Crippen LogP contribution in [0.3, 0.4) is 0 Å². The highest BCUT2D eigenvalue weighted by atomic mass is 16.6. The minimum Gasteiger partial charge on any atom is -0.450 e. The van der Waals surface area contributed by atoms with Crippen LogP contribution >= 0.6 is 0 Å². The van der Waals surface area contributed by atoms with Gasteiger partial charge in [0.15, 0.2) is 0 Å². The van der Waals surface area contributed by atoms with Gasteiger partial charge in [0.1, 0.15) is 0 Å². The number of aromatic nitrogens is 2. The first-order valence-electron chi connectivity index (χ1n) is 11.3. The molecule has 2 aromatic rings. The number of fused-ring (bicyclic) bond motifs is 1. The molecule has 2 aliphatic heterocycles. The molecule has 4 rings (SSSR count). The van der Waals surface area contributed by atoms with E-state index in [9.17, 15) is 9.59 Å². The van der Waals surface area contributed by atoms with Gasteiger partial charge in [-0.05, 0) is 32.9 Å². The van der Waals surface area contributed by atoms with E-state index in [4.69, 9.17) is 19.4 Å². The zero-order valence-electron chi connectivity index (χ0n) is 19.3. The molecular formula is C23H30N6O4. The van der Waals surface area contributed by atoms with Gasteiger partial charge >= 0.3 is 12.1 Å². The van der Waals surface area contributed by atoms with Crippen molar-refractivity contribution in [3.8, 4) is 11.3 Å². The average Bonchev–Trinajstić information content (AvgIpc) is 3.24. The molecule has 1 aromatic carbocycles. The molecule has 2 aliphatic rings. The Morgan fingerprint density at radius 2 is 1.97 bits per heavy atom. The Kier molecular flexibility index (Phi) is 6.93. The Morgan fingerprint density at radius 1 is 1.18 bits per heavy atom. The molecule has 1 aromatic heterocycles. The fourth-order valence-electron chi connectivity index (χ4n) is 4.02. The third-order valence-electron chi connectivity index (χ3n) is 5.67. The number of rotatable bonds is 5. The van der Waals surface area contributed by atoms with Crippen molar-refractivity contribution in [2.75, 3.05) is 43.1 Å². The van der Waals surface area contributed by atoms with Gasteiger partial charge in [-0.3, -0.25) is 4.90 Å². The lowest BCUT2D eigenvalue weighted by Gasteiger charge is -2.33. The van der Waals surface area contributed by atoms with Crippen molar-refractivity contribution in [1.29, 1.82) is 0 Å². The van der Waals surface area contributed by atoms with Crippen molar-refractivity contribution >= 4 is 23.8 Å². The number of hydrogen-bond acceptors (Lipinski definition) is 7. The van der Waals surface area contributed by atoms with Gasteiger partial charge in [-0.15, -0.1) is 0 Å². The maximum absolute atomic E-state index is 12.4. The van der Waals surface area contributed by atoms with E-state index in [0.29, 0.717) is 57.6 Å². The number of anilines is 2. The van der Waals surface area contributed by atoms with Crippen LogP contribution in [-0.4, -0.2) is 65.9 Å². The Balaban J connectivity index is 1.68. The summed E-state index contributed by atoms with van der Waals surface area (Å²) in [5.41, 5.74) is 4.10. The molecule has 10 nitrogen and oxygen atoms in total. The fourth-order valence-corrected chi connectivity index (χ4v) is 4.02.